The fourth-order valence-corrected chi connectivity index (χ4v) is 2.82. The summed E-state index contributed by atoms with van der Waals surface area (Å²) >= 11 is 5.18. The van der Waals surface area contributed by atoms with Crippen LogP contribution in [0.5, 0.6) is 0 Å². The van der Waals surface area contributed by atoms with E-state index in [0.717, 1.165) is 21.8 Å². The van der Waals surface area contributed by atoms with E-state index in [-0.39, 0.29) is 11.7 Å². The smallest absolute Gasteiger partial charge is 0.289 e. The first-order chi connectivity index (χ1) is 8.13. The number of nitrogens with zero attached hydrogens (tertiary/aromatic N) is 1. The molecule has 0 bridgehead atoms. The van der Waals surface area contributed by atoms with Crippen molar-refractivity contribution in [1.29, 1.82) is 0 Å². The topological polar surface area (TPSA) is 63.4 Å². The van der Waals surface area contributed by atoms with Crippen LogP contribution in [0.3, 0.4) is 0 Å². The molecule has 6 heteroatoms. The van der Waals surface area contributed by atoms with Crippen molar-refractivity contribution >= 4 is 41.2 Å². The van der Waals surface area contributed by atoms with Crippen LogP contribution >= 0.6 is 24.4 Å². The van der Waals surface area contributed by atoms with Crippen molar-refractivity contribution in [3.63, 3.8) is 0 Å². The number of hydrogen-bond acceptors (Lipinski definition) is 4. The maximum Gasteiger partial charge on any atom is 0.289 e. The molecular formula is C11H12N2O2S2. The molecule has 0 radical (unpaired) electrons. The minimum atomic E-state index is -0.540. The molecule has 17 heavy (non-hydrogen) atoms. The first kappa shape index (κ1) is 12.5. The number of anilines is 1. The number of amides is 2. The monoisotopic (exact) mass is 268 g/mol. The number of imide groups is 1. The highest BCUT2D eigenvalue weighted by Crippen LogP contribution is 2.36. The average molecular weight is 268 g/mol. The molecule has 1 heterocycles. The highest BCUT2D eigenvalue weighted by atomic mass is 32.2. The molecule has 0 spiro atoms. The molecule has 0 saturated carbocycles. The van der Waals surface area contributed by atoms with Gasteiger partial charge in [-0.2, -0.15) is 0 Å². The van der Waals surface area contributed by atoms with Crippen molar-refractivity contribution < 1.29 is 9.59 Å². The van der Waals surface area contributed by atoms with E-state index in [1.54, 1.807) is 0 Å². The lowest BCUT2D eigenvalue weighted by molar-refractivity contribution is -0.115. The standard InChI is InChI=1S/C11H12N2O2S2/c12-4-3-7-1-2-9-8(5-7)13(11(15)16)10(14)6-17-9/h1-2,5H,3-4,6,12H2,(H,15,16). The van der Waals surface area contributed by atoms with Gasteiger partial charge in [0.25, 0.3) is 5.24 Å². The minimum Gasteiger partial charge on any atom is -0.330 e. The molecule has 90 valence electrons. The molecule has 1 aromatic rings. The van der Waals surface area contributed by atoms with Crippen molar-refractivity contribution in [2.24, 2.45) is 5.73 Å². The Hall–Kier alpha value is -0.980. The number of thiol groups is 1. The van der Waals surface area contributed by atoms with Gasteiger partial charge in [0, 0.05) is 4.90 Å². The van der Waals surface area contributed by atoms with Gasteiger partial charge in [0.05, 0.1) is 11.4 Å². The quantitative estimate of drug-likeness (QED) is 0.801. The summed E-state index contributed by atoms with van der Waals surface area (Å²) in [6.45, 7) is 0.536. The van der Waals surface area contributed by atoms with E-state index < -0.39 is 5.24 Å². The van der Waals surface area contributed by atoms with Gasteiger partial charge in [0.1, 0.15) is 0 Å². The van der Waals surface area contributed by atoms with E-state index in [9.17, 15) is 9.59 Å². The number of nitrogens with two attached hydrogens (primary N) is 1. The highest BCUT2D eigenvalue weighted by molar-refractivity contribution is 8.00. The van der Waals surface area contributed by atoms with Crippen LogP contribution in [-0.4, -0.2) is 23.4 Å². The van der Waals surface area contributed by atoms with Crippen molar-refractivity contribution in [3.8, 4) is 0 Å². The van der Waals surface area contributed by atoms with Gasteiger partial charge in [-0.1, -0.05) is 18.7 Å². The van der Waals surface area contributed by atoms with E-state index in [1.165, 1.54) is 11.8 Å². The predicted molar refractivity (Wildman–Crippen MR) is 71.8 cm³/mol. The zero-order valence-corrected chi connectivity index (χ0v) is 10.8. The average Bonchev–Trinajstić information content (AvgIpc) is 2.28. The van der Waals surface area contributed by atoms with E-state index >= 15 is 0 Å². The Morgan fingerprint density at radius 2 is 2.29 bits per heavy atom. The van der Waals surface area contributed by atoms with Crippen LogP contribution in [0, 0.1) is 0 Å². The van der Waals surface area contributed by atoms with Crippen LogP contribution < -0.4 is 10.6 Å². The molecule has 2 N–H and O–H groups in total. The second kappa shape index (κ2) is 5.12. The Bertz CT molecular complexity index is 477. The number of rotatable bonds is 2. The number of thioether (sulfide) groups is 1. The molecule has 0 aliphatic carbocycles. The number of benzene rings is 1. The lowest BCUT2D eigenvalue weighted by Crippen LogP contribution is -2.37. The number of carbonyl (C=O) groups excluding carboxylic acids is 2. The number of carbonyl (C=O) groups is 2. The van der Waals surface area contributed by atoms with Gasteiger partial charge in [-0.05, 0) is 30.7 Å². The van der Waals surface area contributed by atoms with Crippen LogP contribution in [0.4, 0.5) is 10.5 Å². The van der Waals surface area contributed by atoms with E-state index in [1.807, 2.05) is 18.2 Å². The second-order valence-corrected chi connectivity index (χ2v) is 5.04. The molecule has 0 saturated heterocycles. The molecule has 1 aliphatic heterocycles. The fraction of sp³-hybridized carbons (Fsp3) is 0.273. The van der Waals surface area contributed by atoms with Crippen LogP contribution in [0.25, 0.3) is 0 Å². The Kier molecular flexibility index (Phi) is 3.76. The van der Waals surface area contributed by atoms with Crippen LogP contribution in [0.2, 0.25) is 0 Å². The fourth-order valence-electron chi connectivity index (χ4n) is 1.73. The molecule has 0 fully saturated rings. The van der Waals surface area contributed by atoms with Gasteiger partial charge in [-0.25, -0.2) is 4.90 Å². The Balaban J connectivity index is 2.45. The molecule has 1 aliphatic rings. The highest BCUT2D eigenvalue weighted by Gasteiger charge is 2.28. The largest absolute Gasteiger partial charge is 0.330 e. The summed E-state index contributed by atoms with van der Waals surface area (Å²) in [5, 5.41) is -0.540. The summed E-state index contributed by atoms with van der Waals surface area (Å²) in [5.74, 6) is 0.0441. The van der Waals surface area contributed by atoms with Gasteiger partial charge < -0.3 is 5.73 Å². The van der Waals surface area contributed by atoms with Crippen molar-refractivity contribution in [1.82, 2.24) is 0 Å². The van der Waals surface area contributed by atoms with Gasteiger partial charge in [-0.15, -0.1) is 11.8 Å². The zero-order valence-electron chi connectivity index (χ0n) is 9.05. The number of fused-ring (bicyclic) bond motifs is 1. The molecule has 2 amide bonds. The Labute approximate surface area is 109 Å². The van der Waals surface area contributed by atoms with E-state index in [2.05, 4.69) is 12.6 Å². The zero-order chi connectivity index (χ0) is 12.4. The molecule has 0 aromatic heterocycles. The van der Waals surface area contributed by atoms with Gasteiger partial charge in [-0.3, -0.25) is 9.59 Å². The van der Waals surface area contributed by atoms with Crippen LogP contribution in [0.1, 0.15) is 5.56 Å². The third-order valence-corrected chi connectivity index (χ3v) is 3.74. The summed E-state index contributed by atoms with van der Waals surface area (Å²) in [6, 6.07) is 5.72. The maximum atomic E-state index is 11.7. The lowest BCUT2D eigenvalue weighted by atomic mass is 10.1. The third-order valence-electron chi connectivity index (χ3n) is 2.49. The molecule has 0 unspecified atom stereocenters. The number of hydrogen-bond donors (Lipinski definition) is 2. The van der Waals surface area contributed by atoms with E-state index in [4.69, 9.17) is 5.73 Å². The van der Waals surface area contributed by atoms with Gasteiger partial charge in [0.2, 0.25) is 5.91 Å². The lowest BCUT2D eigenvalue weighted by Gasteiger charge is -2.26. The molecule has 0 atom stereocenters. The third kappa shape index (κ3) is 2.48. The summed E-state index contributed by atoms with van der Waals surface area (Å²) in [6.07, 6.45) is 0.723. The first-order valence-electron chi connectivity index (χ1n) is 5.15. The Morgan fingerprint density at radius 3 is 2.94 bits per heavy atom. The van der Waals surface area contributed by atoms with Gasteiger partial charge in [0.15, 0.2) is 0 Å². The first-order valence-corrected chi connectivity index (χ1v) is 6.58. The second-order valence-electron chi connectivity index (χ2n) is 3.64. The predicted octanol–water partition coefficient (Wildman–Crippen LogP) is 1.68. The summed E-state index contributed by atoms with van der Waals surface area (Å²) in [4.78, 5) is 25.1. The van der Waals surface area contributed by atoms with Crippen molar-refractivity contribution in [2.75, 3.05) is 17.2 Å². The summed E-state index contributed by atoms with van der Waals surface area (Å²) in [5.41, 5.74) is 7.13. The molecule has 4 nitrogen and oxygen atoms in total. The van der Waals surface area contributed by atoms with Crippen LogP contribution in [0.15, 0.2) is 23.1 Å². The molecule has 2 rings (SSSR count). The summed E-state index contributed by atoms with van der Waals surface area (Å²) < 4.78 is 0. The van der Waals surface area contributed by atoms with E-state index in [0.29, 0.717) is 12.2 Å². The minimum absolute atomic E-state index is 0.229. The van der Waals surface area contributed by atoms with Crippen molar-refractivity contribution in [2.45, 2.75) is 11.3 Å². The maximum absolute atomic E-state index is 11.7. The normalized spacial score (nSPS) is 14.7. The summed E-state index contributed by atoms with van der Waals surface area (Å²) in [7, 11) is 0. The molecule has 1 aromatic carbocycles. The van der Waals surface area contributed by atoms with Crippen molar-refractivity contribution in [3.05, 3.63) is 23.8 Å². The Morgan fingerprint density at radius 1 is 1.53 bits per heavy atom. The SMILES string of the molecule is NCCc1ccc2c(c1)N(C(=O)S)C(=O)CS2. The van der Waals surface area contributed by atoms with Gasteiger partial charge >= 0.3 is 0 Å². The van der Waals surface area contributed by atoms with Crippen LogP contribution in [-0.2, 0) is 11.2 Å². The molecular weight excluding hydrogens is 256 g/mol.